The van der Waals surface area contributed by atoms with Crippen LogP contribution in [0.3, 0.4) is 0 Å². The van der Waals surface area contributed by atoms with Crippen molar-refractivity contribution < 1.29 is 5.11 Å². The van der Waals surface area contributed by atoms with Crippen molar-refractivity contribution in [1.82, 2.24) is 5.32 Å². The molecule has 1 aliphatic rings. The maximum absolute atomic E-state index is 10.1. The van der Waals surface area contributed by atoms with Gasteiger partial charge < -0.3 is 10.4 Å². The summed E-state index contributed by atoms with van der Waals surface area (Å²) in [6.07, 6.45) is 1.16. The number of aliphatic hydroxyl groups is 1. The monoisotopic (exact) mass is 233 g/mol. The third kappa shape index (κ3) is 2.38. The zero-order chi connectivity index (χ0) is 12.7. The van der Waals surface area contributed by atoms with Crippen molar-refractivity contribution >= 4 is 0 Å². The predicted octanol–water partition coefficient (Wildman–Crippen LogP) is 2.47. The Hall–Kier alpha value is -0.860. The fraction of sp³-hybridized carbons (Fsp3) is 0.600. The quantitative estimate of drug-likeness (QED) is 0.837. The van der Waals surface area contributed by atoms with Crippen LogP contribution in [-0.2, 0) is 6.42 Å². The fourth-order valence-corrected chi connectivity index (χ4v) is 2.14. The van der Waals surface area contributed by atoms with Gasteiger partial charge in [-0.25, -0.2) is 0 Å². The molecular weight excluding hydrogens is 210 g/mol. The van der Waals surface area contributed by atoms with Crippen LogP contribution in [0.4, 0.5) is 0 Å². The van der Waals surface area contributed by atoms with Crippen molar-refractivity contribution in [2.24, 2.45) is 0 Å². The molecule has 1 aromatic rings. The number of fused-ring (bicyclic) bond motifs is 1. The summed E-state index contributed by atoms with van der Waals surface area (Å²) in [6, 6.07) is 8.62. The van der Waals surface area contributed by atoms with E-state index in [0.717, 1.165) is 13.0 Å². The minimum atomic E-state index is -0.712. The molecule has 1 aliphatic carbocycles. The van der Waals surface area contributed by atoms with Gasteiger partial charge in [-0.2, -0.15) is 0 Å². The maximum atomic E-state index is 10.1. The number of benzene rings is 1. The van der Waals surface area contributed by atoms with Crippen molar-refractivity contribution in [3.8, 4) is 0 Å². The van der Waals surface area contributed by atoms with Gasteiger partial charge in [-0.15, -0.1) is 0 Å². The van der Waals surface area contributed by atoms with E-state index in [9.17, 15) is 5.11 Å². The van der Waals surface area contributed by atoms with Crippen LogP contribution < -0.4 is 5.32 Å². The van der Waals surface area contributed by atoms with Crippen LogP contribution in [0.15, 0.2) is 24.3 Å². The van der Waals surface area contributed by atoms with E-state index in [-0.39, 0.29) is 5.54 Å². The first-order chi connectivity index (χ1) is 7.81. The summed E-state index contributed by atoms with van der Waals surface area (Å²) < 4.78 is 0. The number of hydrogen-bond donors (Lipinski definition) is 2. The van der Waals surface area contributed by atoms with E-state index >= 15 is 0 Å². The molecule has 17 heavy (non-hydrogen) atoms. The smallest absolute Gasteiger partial charge is 0.0767 e. The maximum Gasteiger partial charge on any atom is 0.0767 e. The molecule has 0 radical (unpaired) electrons. The van der Waals surface area contributed by atoms with E-state index in [4.69, 9.17) is 0 Å². The second-order valence-corrected chi connectivity index (χ2v) is 6.16. The molecule has 2 N–H and O–H groups in total. The van der Waals surface area contributed by atoms with Crippen LogP contribution in [0.5, 0.6) is 0 Å². The summed E-state index contributed by atoms with van der Waals surface area (Å²) in [6.45, 7) is 8.76. The summed E-state index contributed by atoms with van der Waals surface area (Å²) in [5.74, 6) is 0.604. The van der Waals surface area contributed by atoms with Gasteiger partial charge in [0, 0.05) is 18.0 Å². The Morgan fingerprint density at radius 1 is 1.24 bits per heavy atom. The Morgan fingerprint density at radius 2 is 1.88 bits per heavy atom. The van der Waals surface area contributed by atoms with Crippen molar-refractivity contribution in [1.29, 1.82) is 0 Å². The molecule has 94 valence electrons. The lowest BCUT2D eigenvalue weighted by molar-refractivity contribution is -0.00521. The van der Waals surface area contributed by atoms with Crippen LogP contribution in [-0.4, -0.2) is 22.8 Å². The Balaban J connectivity index is 1.94. The third-order valence-electron chi connectivity index (χ3n) is 4.28. The summed E-state index contributed by atoms with van der Waals surface area (Å²) >= 11 is 0. The first-order valence-corrected chi connectivity index (χ1v) is 6.36. The molecule has 0 spiro atoms. The van der Waals surface area contributed by atoms with Crippen LogP contribution >= 0.6 is 0 Å². The first kappa shape index (κ1) is 12.6. The van der Waals surface area contributed by atoms with Gasteiger partial charge in [0.1, 0.15) is 0 Å². The molecule has 0 aliphatic heterocycles. The molecule has 2 rings (SSSR count). The number of rotatable bonds is 4. The number of nitrogens with one attached hydrogen (secondary N) is 1. The molecule has 1 aromatic carbocycles. The molecule has 2 nitrogen and oxygen atoms in total. The summed E-state index contributed by atoms with van der Waals surface area (Å²) in [5.41, 5.74) is 1.96. The van der Waals surface area contributed by atoms with E-state index in [1.807, 2.05) is 13.8 Å². The molecule has 1 unspecified atom stereocenters. The molecular formula is C15H23NO. The summed E-state index contributed by atoms with van der Waals surface area (Å²) in [5, 5.41) is 13.6. The topological polar surface area (TPSA) is 32.3 Å². The van der Waals surface area contributed by atoms with Crippen molar-refractivity contribution in [2.75, 3.05) is 6.54 Å². The van der Waals surface area contributed by atoms with E-state index in [2.05, 4.69) is 43.4 Å². The first-order valence-electron chi connectivity index (χ1n) is 6.36. The highest BCUT2D eigenvalue weighted by molar-refractivity contribution is 5.40. The van der Waals surface area contributed by atoms with Crippen LogP contribution in [0.25, 0.3) is 0 Å². The van der Waals surface area contributed by atoms with E-state index in [0.29, 0.717) is 5.92 Å². The van der Waals surface area contributed by atoms with Crippen molar-refractivity contribution in [3.63, 3.8) is 0 Å². The third-order valence-corrected chi connectivity index (χ3v) is 4.28. The highest BCUT2D eigenvalue weighted by Crippen LogP contribution is 2.34. The van der Waals surface area contributed by atoms with Gasteiger partial charge >= 0.3 is 0 Å². The van der Waals surface area contributed by atoms with Crippen molar-refractivity contribution in [2.45, 2.75) is 51.2 Å². The van der Waals surface area contributed by atoms with E-state index in [1.165, 1.54) is 11.1 Å². The minimum absolute atomic E-state index is 0.266. The van der Waals surface area contributed by atoms with Gasteiger partial charge in [0.25, 0.3) is 0 Å². The van der Waals surface area contributed by atoms with Crippen LogP contribution in [0, 0.1) is 0 Å². The molecule has 0 fully saturated rings. The lowest BCUT2D eigenvalue weighted by atomic mass is 9.76. The highest BCUT2D eigenvalue weighted by Gasteiger charge is 2.36. The zero-order valence-electron chi connectivity index (χ0n) is 11.2. The lowest BCUT2D eigenvalue weighted by Crippen LogP contribution is -2.57. The van der Waals surface area contributed by atoms with Crippen LogP contribution in [0.2, 0.25) is 0 Å². The van der Waals surface area contributed by atoms with E-state index in [1.54, 1.807) is 0 Å². The predicted molar refractivity (Wildman–Crippen MR) is 71.3 cm³/mol. The standard InChI is InChI=1S/C15H23NO/c1-14(2,15(3,4)17)16-10-12-9-11-7-5-6-8-13(11)12/h5-8,12,16-17H,9-10H2,1-4H3. The van der Waals surface area contributed by atoms with Crippen molar-refractivity contribution in [3.05, 3.63) is 35.4 Å². The van der Waals surface area contributed by atoms with Gasteiger partial charge in [-0.3, -0.25) is 0 Å². The van der Waals surface area contributed by atoms with Gasteiger partial charge in [0.15, 0.2) is 0 Å². The molecule has 0 amide bonds. The Bertz CT molecular complexity index is 404. The second kappa shape index (κ2) is 4.11. The second-order valence-electron chi connectivity index (χ2n) is 6.16. The van der Waals surface area contributed by atoms with Crippen LogP contribution in [0.1, 0.15) is 44.7 Å². The summed E-state index contributed by atoms with van der Waals surface area (Å²) in [7, 11) is 0. The largest absolute Gasteiger partial charge is 0.389 e. The van der Waals surface area contributed by atoms with Gasteiger partial charge in [-0.1, -0.05) is 24.3 Å². The Kier molecular flexibility index (Phi) is 3.04. The Labute approximate surface area is 104 Å². The molecule has 0 aromatic heterocycles. The molecule has 0 bridgehead atoms. The SMILES string of the molecule is CC(C)(O)C(C)(C)NCC1Cc2ccccc21. The minimum Gasteiger partial charge on any atom is -0.389 e. The van der Waals surface area contributed by atoms with Gasteiger partial charge in [0.2, 0.25) is 0 Å². The average Bonchev–Trinajstić information content (AvgIpc) is 2.17. The van der Waals surface area contributed by atoms with E-state index < -0.39 is 5.60 Å². The molecule has 2 heteroatoms. The fourth-order valence-electron chi connectivity index (χ4n) is 2.14. The number of hydrogen-bond acceptors (Lipinski definition) is 2. The highest BCUT2D eigenvalue weighted by atomic mass is 16.3. The Morgan fingerprint density at radius 3 is 2.47 bits per heavy atom. The molecule has 0 saturated heterocycles. The van der Waals surface area contributed by atoms with Gasteiger partial charge in [-0.05, 0) is 45.2 Å². The zero-order valence-corrected chi connectivity index (χ0v) is 11.2. The average molecular weight is 233 g/mol. The summed E-state index contributed by atoms with van der Waals surface area (Å²) in [4.78, 5) is 0. The molecule has 0 saturated carbocycles. The normalized spacial score (nSPS) is 19.7. The van der Waals surface area contributed by atoms with Gasteiger partial charge in [0.05, 0.1) is 5.60 Å². The molecule has 1 atom stereocenters. The lowest BCUT2D eigenvalue weighted by Gasteiger charge is -2.41. The molecule has 0 heterocycles.